The lowest BCUT2D eigenvalue weighted by Gasteiger charge is -2.04. The van der Waals surface area contributed by atoms with Gasteiger partial charge in [-0.05, 0) is 29.5 Å². The monoisotopic (exact) mass is 287 g/mol. The van der Waals surface area contributed by atoms with Gasteiger partial charge in [-0.3, -0.25) is 0 Å². The van der Waals surface area contributed by atoms with E-state index < -0.39 is 17.8 Å². The van der Waals surface area contributed by atoms with Crippen LogP contribution in [0.3, 0.4) is 0 Å². The molecule has 0 amide bonds. The van der Waals surface area contributed by atoms with Crippen molar-refractivity contribution in [3.8, 4) is 0 Å². The molecule has 1 aromatic rings. The fraction of sp³-hybridized carbons (Fsp3) is 0.286. The van der Waals surface area contributed by atoms with Gasteiger partial charge in [0.05, 0.1) is 11.3 Å². The van der Waals surface area contributed by atoms with Crippen molar-refractivity contribution in [3.05, 3.63) is 26.8 Å². The molecular weight excluding hydrogens is 282 g/mol. The zero-order valence-electron chi connectivity index (χ0n) is 6.11. The maximum Gasteiger partial charge on any atom is 0.268 e. The van der Waals surface area contributed by atoms with E-state index in [0.29, 0.717) is 3.70 Å². The minimum atomic E-state index is -2.80. The van der Waals surface area contributed by atoms with Gasteiger partial charge < -0.3 is 0 Å². The summed E-state index contributed by atoms with van der Waals surface area (Å²) >= 11 is 1.78. The van der Waals surface area contributed by atoms with Gasteiger partial charge in [0.1, 0.15) is 9.52 Å². The Balaban J connectivity index is 3.28. The number of nitrogens with zero attached hydrogens (tertiary/aromatic N) is 1. The third-order valence-electron chi connectivity index (χ3n) is 1.39. The zero-order valence-corrected chi connectivity index (χ0v) is 8.27. The van der Waals surface area contributed by atoms with Crippen LogP contribution in [-0.2, 0) is 0 Å². The van der Waals surface area contributed by atoms with E-state index in [1.165, 1.54) is 6.92 Å². The van der Waals surface area contributed by atoms with Gasteiger partial charge in [0.25, 0.3) is 6.43 Å². The molecule has 0 saturated heterocycles. The van der Waals surface area contributed by atoms with E-state index in [1.807, 2.05) is 0 Å². The Morgan fingerprint density at radius 2 is 2.08 bits per heavy atom. The summed E-state index contributed by atoms with van der Waals surface area (Å²) in [6.07, 6.45) is -2.80. The molecule has 1 heterocycles. The Kier molecular flexibility index (Phi) is 2.92. The first kappa shape index (κ1) is 9.76. The van der Waals surface area contributed by atoms with Gasteiger partial charge in [-0.1, -0.05) is 0 Å². The molecule has 1 nitrogen and oxygen atoms in total. The number of hydrogen-bond donors (Lipinski definition) is 0. The Morgan fingerprint density at radius 1 is 1.50 bits per heavy atom. The van der Waals surface area contributed by atoms with Gasteiger partial charge in [0.2, 0.25) is 0 Å². The highest BCUT2D eigenvalue weighted by molar-refractivity contribution is 14.1. The van der Waals surface area contributed by atoms with Crippen molar-refractivity contribution in [2.75, 3.05) is 0 Å². The molecule has 12 heavy (non-hydrogen) atoms. The maximum atomic E-state index is 12.8. The number of aromatic nitrogens is 1. The van der Waals surface area contributed by atoms with E-state index in [4.69, 9.17) is 0 Å². The minimum absolute atomic E-state index is 0.0504. The third kappa shape index (κ3) is 1.88. The van der Waals surface area contributed by atoms with Gasteiger partial charge >= 0.3 is 0 Å². The van der Waals surface area contributed by atoms with Crippen LogP contribution in [0.5, 0.6) is 0 Å². The van der Waals surface area contributed by atoms with E-state index >= 15 is 0 Å². The predicted molar refractivity (Wildman–Crippen MR) is 46.6 cm³/mol. The Labute approximate surface area is 81.1 Å². The van der Waals surface area contributed by atoms with E-state index in [2.05, 4.69) is 4.98 Å². The second kappa shape index (κ2) is 3.59. The van der Waals surface area contributed by atoms with Crippen LogP contribution in [0.1, 0.15) is 17.7 Å². The number of alkyl halides is 2. The SMILES string of the molecule is Cc1nc(I)cc(F)c1C(F)F. The molecule has 1 aromatic heterocycles. The van der Waals surface area contributed by atoms with Crippen molar-refractivity contribution in [2.45, 2.75) is 13.3 Å². The van der Waals surface area contributed by atoms with Gasteiger partial charge in [-0.25, -0.2) is 18.2 Å². The topological polar surface area (TPSA) is 12.9 Å². The third-order valence-corrected chi connectivity index (χ3v) is 1.94. The molecule has 0 N–H and O–H groups in total. The quantitative estimate of drug-likeness (QED) is 0.571. The van der Waals surface area contributed by atoms with Crippen LogP contribution in [0.15, 0.2) is 6.07 Å². The van der Waals surface area contributed by atoms with E-state index in [9.17, 15) is 13.2 Å². The van der Waals surface area contributed by atoms with E-state index in [1.54, 1.807) is 22.6 Å². The van der Waals surface area contributed by atoms with Gasteiger partial charge in [0, 0.05) is 6.07 Å². The highest BCUT2D eigenvalue weighted by Gasteiger charge is 2.17. The summed E-state index contributed by atoms with van der Waals surface area (Å²) in [5.41, 5.74) is -0.551. The fourth-order valence-electron chi connectivity index (χ4n) is 0.870. The van der Waals surface area contributed by atoms with Gasteiger partial charge in [0.15, 0.2) is 0 Å². The summed E-state index contributed by atoms with van der Waals surface area (Å²) in [5.74, 6) is -0.887. The lowest BCUT2D eigenvalue weighted by Crippen LogP contribution is -1.99. The highest BCUT2D eigenvalue weighted by Crippen LogP contribution is 2.25. The molecule has 0 aliphatic rings. The Morgan fingerprint density at radius 3 is 2.50 bits per heavy atom. The largest absolute Gasteiger partial charge is 0.268 e. The summed E-state index contributed by atoms with van der Waals surface area (Å²) in [4.78, 5) is 3.72. The fourth-order valence-corrected chi connectivity index (χ4v) is 1.51. The summed E-state index contributed by atoms with van der Waals surface area (Å²) in [5, 5.41) is 0. The first-order chi connectivity index (χ1) is 5.52. The smallest absolute Gasteiger partial charge is 0.246 e. The molecule has 0 saturated carbocycles. The van der Waals surface area contributed by atoms with Crippen LogP contribution in [0.4, 0.5) is 13.2 Å². The second-order valence-electron chi connectivity index (χ2n) is 2.23. The highest BCUT2D eigenvalue weighted by atomic mass is 127. The number of pyridine rings is 1. The average molecular weight is 287 g/mol. The predicted octanol–water partition coefficient (Wildman–Crippen LogP) is 3.07. The van der Waals surface area contributed by atoms with Crippen molar-refractivity contribution in [3.63, 3.8) is 0 Å². The summed E-state index contributed by atoms with van der Waals surface area (Å²) in [6, 6.07) is 0.995. The van der Waals surface area contributed by atoms with E-state index in [-0.39, 0.29) is 5.69 Å². The number of halogens is 4. The average Bonchev–Trinajstić information content (AvgIpc) is 1.82. The molecule has 0 spiro atoms. The van der Waals surface area contributed by atoms with Crippen molar-refractivity contribution in [2.24, 2.45) is 0 Å². The molecule has 1 rings (SSSR count). The molecule has 0 unspecified atom stereocenters. The minimum Gasteiger partial charge on any atom is -0.246 e. The molecule has 0 atom stereocenters. The van der Waals surface area contributed by atoms with E-state index in [0.717, 1.165) is 6.07 Å². The van der Waals surface area contributed by atoms with Crippen molar-refractivity contribution >= 4 is 22.6 Å². The van der Waals surface area contributed by atoms with Crippen molar-refractivity contribution < 1.29 is 13.2 Å². The zero-order chi connectivity index (χ0) is 9.30. The summed E-state index contributed by atoms with van der Waals surface area (Å²) in [6.45, 7) is 1.37. The summed E-state index contributed by atoms with van der Waals surface area (Å²) in [7, 11) is 0. The van der Waals surface area contributed by atoms with Gasteiger partial charge in [-0.15, -0.1) is 0 Å². The maximum absolute atomic E-state index is 12.8. The second-order valence-corrected chi connectivity index (χ2v) is 3.33. The molecule has 0 aliphatic heterocycles. The summed E-state index contributed by atoms with van der Waals surface area (Å²) < 4.78 is 37.5. The molecule has 0 bridgehead atoms. The van der Waals surface area contributed by atoms with Gasteiger partial charge in [-0.2, -0.15) is 0 Å². The Hall–Kier alpha value is -0.330. The lowest BCUT2D eigenvalue weighted by molar-refractivity contribution is 0.145. The van der Waals surface area contributed by atoms with Crippen LogP contribution >= 0.6 is 22.6 Å². The number of aryl methyl sites for hydroxylation is 1. The number of hydrogen-bond acceptors (Lipinski definition) is 1. The lowest BCUT2D eigenvalue weighted by atomic mass is 10.2. The van der Waals surface area contributed by atoms with Crippen LogP contribution in [0.25, 0.3) is 0 Å². The first-order valence-corrected chi connectivity index (χ1v) is 4.21. The Bertz CT molecular complexity index is 278. The normalized spacial score (nSPS) is 10.8. The molecule has 0 radical (unpaired) electrons. The standard InChI is InChI=1S/C7H5F3IN/c1-3-6(7(9)10)4(8)2-5(11)12-3/h2,7H,1H3. The molecular formula is C7H5F3IN. The van der Waals surface area contributed by atoms with Crippen LogP contribution < -0.4 is 0 Å². The molecule has 0 fully saturated rings. The first-order valence-electron chi connectivity index (χ1n) is 3.13. The van der Waals surface area contributed by atoms with Crippen molar-refractivity contribution in [1.29, 1.82) is 0 Å². The van der Waals surface area contributed by atoms with Crippen LogP contribution in [0, 0.1) is 16.4 Å². The molecule has 0 aliphatic carbocycles. The number of rotatable bonds is 1. The van der Waals surface area contributed by atoms with Crippen LogP contribution in [0.2, 0.25) is 0 Å². The molecule has 66 valence electrons. The van der Waals surface area contributed by atoms with Crippen LogP contribution in [-0.4, -0.2) is 4.98 Å². The van der Waals surface area contributed by atoms with Crippen molar-refractivity contribution in [1.82, 2.24) is 4.98 Å². The molecule has 0 aromatic carbocycles. The molecule has 5 heteroatoms.